The Bertz CT molecular complexity index is 2070. The zero-order valence-corrected chi connectivity index (χ0v) is 21.8. The van der Waals surface area contributed by atoms with Gasteiger partial charge in [0.2, 0.25) is 0 Å². The largest absolute Gasteiger partial charge is 0.350 e. The average molecular weight is 553 g/mol. The van der Waals surface area contributed by atoms with Gasteiger partial charge in [-0.2, -0.15) is 5.10 Å². The highest BCUT2D eigenvalue weighted by atomic mass is 19.1. The summed E-state index contributed by atoms with van der Waals surface area (Å²) in [7, 11) is 1.81. The van der Waals surface area contributed by atoms with Crippen LogP contribution in [0.1, 0.15) is 27.1 Å². The summed E-state index contributed by atoms with van der Waals surface area (Å²) in [4.78, 5) is 39.9. The van der Waals surface area contributed by atoms with Crippen molar-refractivity contribution in [1.82, 2.24) is 28.8 Å². The number of rotatable bonds is 6. The lowest BCUT2D eigenvalue weighted by Crippen LogP contribution is -2.31. The molecule has 1 aliphatic heterocycles. The van der Waals surface area contributed by atoms with E-state index in [1.165, 1.54) is 33.7 Å². The monoisotopic (exact) mass is 552 g/mol. The van der Waals surface area contributed by atoms with Crippen LogP contribution in [0.25, 0.3) is 38.9 Å². The first-order chi connectivity index (χ1) is 19.8. The molecule has 204 valence electrons. The summed E-state index contributed by atoms with van der Waals surface area (Å²) in [5.41, 5.74) is 2.58. The Kier molecular flexibility index (Phi) is 5.49. The molecular weight excluding hydrogens is 530 g/mol. The van der Waals surface area contributed by atoms with E-state index in [0.717, 1.165) is 5.52 Å². The zero-order valence-electron chi connectivity index (χ0n) is 21.8. The molecule has 2 amide bonds. The number of halogens is 2. The third-order valence-electron chi connectivity index (χ3n) is 7.59. The molecule has 0 saturated carbocycles. The number of carbonyl (C=O) groups is 2. The predicted molar refractivity (Wildman–Crippen MR) is 148 cm³/mol. The summed E-state index contributed by atoms with van der Waals surface area (Å²) >= 11 is 0. The zero-order chi connectivity index (χ0) is 28.4. The number of hydrogen-bond donors (Lipinski definition) is 1. The smallest absolute Gasteiger partial charge is 0.348 e. The molecule has 0 unspecified atom stereocenters. The molecule has 0 bridgehead atoms. The van der Waals surface area contributed by atoms with Gasteiger partial charge in [-0.15, -0.1) is 0 Å². The van der Waals surface area contributed by atoms with E-state index in [0.29, 0.717) is 51.6 Å². The van der Waals surface area contributed by atoms with Crippen molar-refractivity contribution in [2.24, 2.45) is 7.05 Å². The molecule has 1 aliphatic rings. The second-order valence-electron chi connectivity index (χ2n) is 10.0. The van der Waals surface area contributed by atoms with Crippen LogP contribution < -0.4 is 5.69 Å². The Labute approximate surface area is 230 Å². The number of amides is 2. The van der Waals surface area contributed by atoms with Crippen molar-refractivity contribution in [3.63, 3.8) is 0 Å². The lowest BCUT2D eigenvalue weighted by atomic mass is 10.1. The van der Waals surface area contributed by atoms with Crippen molar-refractivity contribution in [2.75, 3.05) is 6.54 Å². The Morgan fingerprint density at radius 2 is 1.44 bits per heavy atom. The van der Waals surface area contributed by atoms with Gasteiger partial charge in [0.15, 0.2) is 5.82 Å². The van der Waals surface area contributed by atoms with Gasteiger partial charge >= 0.3 is 5.69 Å². The third-order valence-corrected chi connectivity index (χ3v) is 7.59. The third kappa shape index (κ3) is 3.80. The van der Waals surface area contributed by atoms with Gasteiger partial charge in [-0.25, -0.2) is 23.2 Å². The molecule has 0 spiro atoms. The number of fused-ring (bicyclic) bond motifs is 3. The van der Waals surface area contributed by atoms with E-state index in [-0.39, 0.29) is 24.2 Å². The minimum atomic E-state index is -0.539. The number of benzene rings is 3. The van der Waals surface area contributed by atoms with E-state index in [4.69, 9.17) is 0 Å². The lowest BCUT2D eigenvalue weighted by molar-refractivity contribution is 0.0651. The molecule has 0 aliphatic carbocycles. The molecule has 0 saturated heterocycles. The van der Waals surface area contributed by atoms with Crippen molar-refractivity contribution >= 4 is 33.6 Å². The van der Waals surface area contributed by atoms with Crippen molar-refractivity contribution in [3.05, 3.63) is 106 Å². The van der Waals surface area contributed by atoms with Crippen LogP contribution in [0.3, 0.4) is 0 Å². The van der Waals surface area contributed by atoms with Gasteiger partial charge in [0.05, 0.1) is 22.3 Å². The molecule has 0 radical (unpaired) electrons. The van der Waals surface area contributed by atoms with Gasteiger partial charge in [-0.1, -0.05) is 12.1 Å². The fourth-order valence-corrected chi connectivity index (χ4v) is 5.70. The standard InChI is InChI=1S/C30H22F2N6O3/c1-35-15-23(21-13-17(31)7-9-24(21)35)27-33-34-30(41)38(27)26-16-36(25-10-8-18(32)14-22(25)26)11-4-12-37-28(39)19-5-2-3-6-20(19)29(37)40/h2-3,5-10,13-16H,4,11-12H2,1H3,(H,34,41). The first-order valence-corrected chi connectivity index (χ1v) is 13.0. The number of H-pyrrole nitrogens is 1. The van der Waals surface area contributed by atoms with Crippen LogP contribution in [-0.4, -0.2) is 47.2 Å². The average Bonchev–Trinajstić information content (AvgIpc) is 3.67. The van der Waals surface area contributed by atoms with Crippen molar-refractivity contribution in [1.29, 1.82) is 0 Å². The van der Waals surface area contributed by atoms with Crippen LogP contribution in [0, 0.1) is 11.6 Å². The maximum atomic E-state index is 14.5. The summed E-state index contributed by atoms with van der Waals surface area (Å²) in [6.07, 6.45) is 3.92. The molecule has 0 fully saturated rings. The van der Waals surface area contributed by atoms with E-state index in [2.05, 4.69) is 10.2 Å². The van der Waals surface area contributed by atoms with Crippen LogP contribution in [0.5, 0.6) is 0 Å². The van der Waals surface area contributed by atoms with E-state index >= 15 is 0 Å². The Morgan fingerprint density at radius 1 is 0.780 bits per heavy atom. The Morgan fingerprint density at radius 3 is 2.15 bits per heavy atom. The normalized spacial score (nSPS) is 13.2. The molecule has 3 aromatic carbocycles. The summed E-state index contributed by atoms with van der Waals surface area (Å²) in [5.74, 6) is -1.31. The van der Waals surface area contributed by atoms with E-state index < -0.39 is 17.3 Å². The van der Waals surface area contributed by atoms with Crippen LogP contribution in [0.15, 0.2) is 77.9 Å². The summed E-state index contributed by atoms with van der Waals surface area (Å²) < 4.78 is 33.7. The second-order valence-corrected chi connectivity index (χ2v) is 10.0. The molecular formula is C30H22F2N6O3. The Balaban J connectivity index is 1.27. The molecule has 0 atom stereocenters. The molecule has 3 aromatic heterocycles. The van der Waals surface area contributed by atoms with Gasteiger partial charge in [0, 0.05) is 54.4 Å². The first kappa shape index (κ1) is 24.7. The van der Waals surface area contributed by atoms with Crippen LogP contribution in [0.2, 0.25) is 0 Å². The van der Waals surface area contributed by atoms with Gasteiger partial charge in [-0.05, 0) is 55.0 Å². The van der Waals surface area contributed by atoms with Crippen molar-refractivity contribution in [2.45, 2.75) is 13.0 Å². The molecule has 11 heteroatoms. The van der Waals surface area contributed by atoms with Crippen LogP contribution in [-0.2, 0) is 13.6 Å². The summed E-state index contributed by atoms with van der Waals surface area (Å²) in [6.45, 7) is 0.581. The van der Waals surface area contributed by atoms with Gasteiger partial charge in [0.25, 0.3) is 11.8 Å². The summed E-state index contributed by atoms with van der Waals surface area (Å²) in [5, 5.41) is 7.78. The topological polar surface area (TPSA) is 97.9 Å². The number of nitrogens with one attached hydrogen (secondary N) is 1. The lowest BCUT2D eigenvalue weighted by Gasteiger charge is -2.14. The molecule has 7 rings (SSSR count). The van der Waals surface area contributed by atoms with Gasteiger partial charge in [0.1, 0.15) is 11.6 Å². The molecule has 6 aromatic rings. The first-order valence-electron chi connectivity index (χ1n) is 13.0. The SMILES string of the molecule is Cn1cc(-c2n[nH]c(=O)n2-c2cn(CCCN3C(=O)c4ccccc4C3=O)c3ccc(F)cc23)c2cc(F)ccc21. The highest BCUT2D eigenvalue weighted by Crippen LogP contribution is 2.33. The molecule has 4 heterocycles. The van der Waals surface area contributed by atoms with Crippen molar-refractivity contribution in [3.8, 4) is 17.1 Å². The predicted octanol–water partition coefficient (Wildman–Crippen LogP) is 4.64. The maximum Gasteiger partial charge on any atom is 0.348 e. The van der Waals surface area contributed by atoms with Crippen LogP contribution >= 0.6 is 0 Å². The summed E-state index contributed by atoms with van der Waals surface area (Å²) in [6, 6.07) is 15.4. The van der Waals surface area contributed by atoms with E-state index in [1.54, 1.807) is 48.8 Å². The quantitative estimate of drug-likeness (QED) is 0.305. The van der Waals surface area contributed by atoms with E-state index in [1.807, 2.05) is 16.2 Å². The molecule has 9 nitrogen and oxygen atoms in total. The molecule has 1 N–H and O–H groups in total. The maximum absolute atomic E-state index is 14.5. The number of aryl methyl sites for hydroxylation is 2. The number of aromatic amines is 1. The van der Waals surface area contributed by atoms with Gasteiger partial charge < -0.3 is 9.13 Å². The van der Waals surface area contributed by atoms with Crippen molar-refractivity contribution < 1.29 is 18.4 Å². The fourth-order valence-electron chi connectivity index (χ4n) is 5.70. The minimum Gasteiger partial charge on any atom is -0.350 e. The van der Waals surface area contributed by atoms with E-state index in [9.17, 15) is 23.2 Å². The number of imide groups is 1. The number of nitrogens with zero attached hydrogens (tertiary/aromatic N) is 5. The highest BCUT2D eigenvalue weighted by molar-refractivity contribution is 6.21. The highest BCUT2D eigenvalue weighted by Gasteiger charge is 2.34. The fraction of sp³-hybridized carbons (Fsp3) is 0.133. The molecule has 41 heavy (non-hydrogen) atoms. The second kappa shape index (κ2) is 9.12. The Hall–Kier alpha value is -5.32. The van der Waals surface area contributed by atoms with Crippen LogP contribution in [0.4, 0.5) is 8.78 Å². The minimum absolute atomic E-state index is 0.195. The number of carbonyl (C=O) groups excluding carboxylic acids is 2. The number of hydrogen-bond acceptors (Lipinski definition) is 4. The van der Waals surface area contributed by atoms with Gasteiger partial charge in [-0.3, -0.25) is 14.5 Å². The number of aromatic nitrogens is 5.